The Balaban J connectivity index is 1.96. The van der Waals surface area contributed by atoms with E-state index in [1.54, 1.807) is 0 Å². The highest BCUT2D eigenvalue weighted by Gasteiger charge is 2.33. The van der Waals surface area contributed by atoms with Crippen molar-refractivity contribution in [3.05, 3.63) is 41.6 Å². The van der Waals surface area contributed by atoms with Crippen LogP contribution in [0.4, 0.5) is 5.69 Å². The van der Waals surface area contributed by atoms with Crippen LogP contribution in [-0.2, 0) is 4.79 Å². The number of likely N-dealkylation sites (tertiary alicyclic amines) is 1. The summed E-state index contributed by atoms with van der Waals surface area (Å²) in [7, 11) is 2.04. The minimum atomic E-state index is -0.119. The third-order valence-corrected chi connectivity index (χ3v) is 4.28. The van der Waals surface area contributed by atoms with Crippen molar-refractivity contribution in [2.45, 2.75) is 32.1 Å². The van der Waals surface area contributed by atoms with E-state index in [0.717, 1.165) is 37.2 Å². The molecule has 1 saturated heterocycles. The van der Waals surface area contributed by atoms with E-state index in [1.807, 2.05) is 37.4 Å². The number of nitrogens with two attached hydrogens (primary N) is 1. The standard InChI is InChI=1S/C17H22N4O/c1-20-12-8-3-2-7-11-14(20)15-16(18)19-21(17(15)22)13-9-5-4-6-10-13/h4-6,9-10H,2-3,7-8,11-12H2,1H3,(H2,18,19)/b15-14-. The molecule has 5 heteroatoms. The van der Waals surface area contributed by atoms with Crippen molar-refractivity contribution in [1.82, 2.24) is 4.90 Å². The highest BCUT2D eigenvalue weighted by Crippen LogP contribution is 2.28. The van der Waals surface area contributed by atoms with Gasteiger partial charge in [-0.15, -0.1) is 5.10 Å². The second kappa shape index (κ2) is 6.22. The number of amidine groups is 1. The number of hydrogen-bond acceptors (Lipinski definition) is 4. The monoisotopic (exact) mass is 298 g/mol. The highest BCUT2D eigenvalue weighted by atomic mass is 16.2. The molecular weight excluding hydrogens is 276 g/mol. The maximum Gasteiger partial charge on any atom is 0.284 e. The Bertz CT molecular complexity index is 621. The zero-order valence-corrected chi connectivity index (χ0v) is 13.0. The molecule has 116 valence electrons. The topological polar surface area (TPSA) is 61.9 Å². The van der Waals surface area contributed by atoms with Gasteiger partial charge in [0.05, 0.1) is 5.69 Å². The van der Waals surface area contributed by atoms with Crippen LogP contribution in [0, 0.1) is 0 Å². The Hall–Kier alpha value is -2.30. The molecule has 22 heavy (non-hydrogen) atoms. The van der Waals surface area contributed by atoms with E-state index in [4.69, 9.17) is 5.73 Å². The number of nitrogens with zero attached hydrogens (tertiary/aromatic N) is 3. The molecule has 5 nitrogen and oxygen atoms in total. The van der Waals surface area contributed by atoms with Crippen LogP contribution in [0.2, 0.25) is 0 Å². The Labute approximate surface area is 131 Å². The molecule has 3 rings (SSSR count). The average Bonchev–Trinajstić information content (AvgIpc) is 2.80. The molecule has 1 amide bonds. The summed E-state index contributed by atoms with van der Waals surface area (Å²) < 4.78 is 0. The quantitative estimate of drug-likeness (QED) is 0.810. The van der Waals surface area contributed by atoms with Crippen LogP contribution in [-0.4, -0.2) is 30.2 Å². The minimum Gasteiger partial charge on any atom is -0.382 e. The molecule has 0 atom stereocenters. The molecule has 0 bridgehead atoms. The molecule has 0 radical (unpaired) electrons. The van der Waals surface area contributed by atoms with Gasteiger partial charge in [-0.1, -0.05) is 31.0 Å². The van der Waals surface area contributed by atoms with Crippen LogP contribution in [0.1, 0.15) is 32.1 Å². The molecule has 2 aliphatic heterocycles. The van der Waals surface area contributed by atoms with E-state index < -0.39 is 0 Å². The van der Waals surface area contributed by atoms with Crippen LogP contribution in [0.5, 0.6) is 0 Å². The van der Waals surface area contributed by atoms with E-state index in [9.17, 15) is 4.79 Å². The molecule has 2 aliphatic rings. The van der Waals surface area contributed by atoms with Gasteiger partial charge in [0.1, 0.15) is 5.57 Å². The lowest BCUT2D eigenvalue weighted by Gasteiger charge is -2.26. The smallest absolute Gasteiger partial charge is 0.284 e. The van der Waals surface area contributed by atoms with Gasteiger partial charge in [-0.25, -0.2) is 0 Å². The van der Waals surface area contributed by atoms with Crippen LogP contribution < -0.4 is 10.7 Å². The molecule has 0 unspecified atom stereocenters. The third kappa shape index (κ3) is 2.71. The maximum absolute atomic E-state index is 12.8. The fourth-order valence-electron chi connectivity index (χ4n) is 3.07. The maximum atomic E-state index is 12.8. The number of carbonyl (C=O) groups excluding carboxylic acids is 1. The van der Waals surface area contributed by atoms with Crippen molar-refractivity contribution in [1.29, 1.82) is 0 Å². The third-order valence-electron chi connectivity index (χ3n) is 4.28. The summed E-state index contributed by atoms with van der Waals surface area (Å²) in [5.41, 5.74) is 8.44. The Morgan fingerprint density at radius 2 is 1.82 bits per heavy atom. The van der Waals surface area contributed by atoms with Crippen LogP contribution in [0.25, 0.3) is 0 Å². The molecule has 1 fully saturated rings. The molecule has 0 aromatic heterocycles. The Morgan fingerprint density at radius 1 is 1.09 bits per heavy atom. The summed E-state index contributed by atoms with van der Waals surface area (Å²) in [4.78, 5) is 15.0. The van der Waals surface area contributed by atoms with Crippen molar-refractivity contribution in [3.63, 3.8) is 0 Å². The molecule has 0 saturated carbocycles. The molecule has 1 aromatic rings. The number of benzene rings is 1. The number of hydrazone groups is 1. The molecule has 2 N–H and O–H groups in total. The summed E-state index contributed by atoms with van der Waals surface area (Å²) in [5, 5.41) is 5.69. The van der Waals surface area contributed by atoms with Gasteiger partial charge in [0.25, 0.3) is 5.91 Å². The average molecular weight is 298 g/mol. The molecule has 2 heterocycles. The fourth-order valence-corrected chi connectivity index (χ4v) is 3.07. The van der Waals surface area contributed by atoms with Gasteiger partial charge in [0.15, 0.2) is 5.84 Å². The number of rotatable bonds is 1. The first kappa shape index (κ1) is 14.6. The molecular formula is C17H22N4O. The number of hydrogen-bond donors (Lipinski definition) is 1. The van der Waals surface area contributed by atoms with Crippen molar-refractivity contribution >= 4 is 17.4 Å². The summed E-state index contributed by atoms with van der Waals surface area (Å²) in [5.74, 6) is 0.211. The van der Waals surface area contributed by atoms with Gasteiger partial charge >= 0.3 is 0 Å². The SMILES string of the molecule is CN1CCCCCC/C1=C1/C(=O)N(c2ccccc2)N=C1N. The van der Waals surface area contributed by atoms with E-state index in [-0.39, 0.29) is 5.91 Å². The second-order valence-electron chi connectivity index (χ2n) is 5.85. The van der Waals surface area contributed by atoms with E-state index in [2.05, 4.69) is 10.0 Å². The summed E-state index contributed by atoms with van der Waals surface area (Å²) in [6.45, 7) is 0.963. The summed E-state index contributed by atoms with van der Waals surface area (Å²) >= 11 is 0. The first-order valence-corrected chi connectivity index (χ1v) is 7.86. The lowest BCUT2D eigenvalue weighted by Crippen LogP contribution is -2.30. The number of para-hydroxylation sites is 1. The zero-order valence-electron chi connectivity index (χ0n) is 13.0. The van der Waals surface area contributed by atoms with Crippen LogP contribution in [0.15, 0.2) is 46.7 Å². The van der Waals surface area contributed by atoms with E-state index >= 15 is 0 Å². The highest BCUT2D eigenvalue weighted by molar-refractivity contribution is 6.29. The van der Waals surface area contributed by atoms with Crippen molar-refractivity contribution in [2.75, 3.05) is 18.6 Å². The lowest BCUT2D eigenvalue weighted by molar-refractivity contribution is -0.114. The van der Waals surface area contributed by atoms with Gasteiger partial charge in [-0.05, 0) is 31.4 Å². The number of amides is 1. The number of anilines is 1. The van der Waals surface area contributed by atoms with Crippen LogP contribution >= 0.6 is 0 Å². The van der Waals surface area contributed by atoms with Gasteiger partial charge in [-0.3, -0.25) is 4.79 Å². The summed E-state index contributed by atoms with van der Waals surface area (Å²) in [6, 6.07) is 9.43. The van der Waals surface area contributed by atoms with E-state index in [0.29, 0.717) is 11.4 Å². The second-order valence-corrected chi connectivity index (χ2v) is 5.85. The molecule has 1 aromatic carbocycles. The number of allylic oxidation sites excluding steroid dienone is 1. The van der Waals surface area contributed by atoms with Gasteiger partial charge in [-0.2, -0.15) is 5.01 Å². The Morgan fingerprint density at radius 3 is 2.59 bits per heavy atom. The zero-order chi connectivity index (χ0) is 15.5. The van der Waals surface area contributed by atoms with Crippen molar-refractivity contribution in [3.8, 4) is 0 Å². The largest absolute Gasteiger partial charge is 0.382 e. The van der Waals surface area contributed by atoms with Crippen molar-refractivity contribution in [2.24, 2.45) is 10.8 Å². The number of carbonyl (C=O) groups is 1. The molecule has 0 spiro atoms. The predicted molar refractivity (Wildman–Crippen MR) is 88.3 cm³/mol. The fraction of sp³-hybridized carbons (Fsp3) is 0.412. The first-order valence-electron chi connectivity index (χ1n) is 7.86. The Kier molecular flexibility index (Phi) is 4.13. The van der Waals surface area contributed by atoms with Crippen molar-refractivity contribution < 1.29 is 4.79 Å². The van der Waals surface area contributed by atoms with Crippen LogP contribution in [0.3, 0.4) is 0 Å². The van der Waals surface area contributed by atoms with Gasteiger partial charge in [0, 0.05) is 19.3 Å². The predicted octanol–water partition coefficient (Wildman–Crippen LogP) is 2.46. The van der Waals surface area contributed by atoms with E-state index in [1.165, 1.54) is 17.9 Å². The lowest BCUT2D eigenvalue weighted by atomic mass is 10.0. The first-order chi connectivity index (χ1) is 10.7. The normalized spacial score (nSPS) is 23.3. The summed E-state index contributed by atoms with van der Waals surface area (Å²) in [6.07, 6.45) is 5.59. The van der Waals surface area contributed by atoms with Gasteiger partial charge in [0.2, 0.25) is 0 Å². The molecule has 0 aliphatic carbocycles. The van der Waals surface area contributed by atoms with Gasteiger partial charge < -0.3 is 10.6 Å². The minimum absolute atomic E-state index is 0.119.